The third-order valence-corrected chi connectivity index (χ3v) is 3.61. The summed E-state index contributed by atoms with van der Waals surface area (Å²) < 4.78 is 4.12. The van der Waals surface area contributed by atoms with Crippen LogP contribution in [-0.2, 0) is 13.6 Å². The largest absolute Gasteiger partial charge is 0.334 e. The first-order chi connectivity index (χ1) is 9.10. The van der Waals surface area contributed by atoms with Crippen LogP contribution < -0.4 is 5.32 Å². The molecule has 5 nitrogen and oxygen atoms in total. The van der Waals surface area contributed by atoms with Gasteiger partial charge < -0.3 is 9.88 Å². The summed E-state index contributed by atoms with van der Waals surface area (Å²) in [4.78, 5) is 4.54. The summed E-state index contributed by atoms with van der Waals surface area (Å²) in [6.07, 6.45) is 3.89. The van der Waals surface area contributed by atoms with Gasteiger partial charge in [-0.05, 0) is 27.3 Å². The SMILES string of the molecule is CCNC(c1c(C)nn(C)c1C)c1nccn1CC. The van der Waals surface area contributed by atoms with Gasteiger partial charge in [0.1, 0.15) is 5.82 Å². The molecule has 0 aliphatic rings. The molecule has 0 saturated heterocycles. The highest BCUT2D eigenvalue weighted by Crippen LogP contribution is 2.26. The number of imidazole rings is 1. The predicted molar refractivity (Wildman–Crippen MR) is 76.1 cm³/mol. The second kappa shape index (κ2) is 5.57. The van der Waals surface area contributed by atoms with Crippen LogP contribution in [-0.4, -0.2) is 25.9 Å². The van der Waals surface area contributed by atoms with E-state index in [2.05, 4.69) is 47.7 Å². The maximum absolute atomic E-state index is 4.54. The van der Waals surface area contributed by atoms with Gasteiger partial charge in [0, 0.05) is 37.2 Å². The molecule has 2 rings (SSSR count). The average Bonchev–Trinajstić information content (AvgIpc) is 2.94. The molecule has 0 aliphatic carbocycles. The van der Waals surface area contributed by atoms with E-state index in [4.69, 9.17) is 0 Å². The minimum absolute atomic E-state index is 0.105. The highest BCUT2D eigenvalue weighted by Gasteiger charge is 2.24. The zero-order chi connectivity index (χ0) is 14.0. The third-order valence-electron chi connectivity index (χ3n) is 3.61. The molecule has 1 N–H and O–H groups in total. The molecule has 0 aliphatic heterocycles. The molecule has 1 unspecified atom stereocenters. The van der Waals surface area contributed by atoms with Gasteiger partial charge in [0.15, 0.2) is 0 Å². The molecule has 5 heteroatoms. The van der Waals surface area contributed by atoms with Crippen LogP contribution >= 0.6 is 0 Å². The topological polar surface area (TPSA) is 47.7 Å². The number of aromatic nitrogens is 4. The van der Waals surface area contributed by atoms with Crippen LogP contribution in [0.5, 0.6) is 0 Å². The van der Waals surface area contributed by atoms with E-state index in [9.17, 15) is 0 Å². The van der Waals surface area contributed by atoms with E-state index in [0.29, 0.717) is 0 Å². The van der Waals surface area contributed by atoms with E-state index in [1.807, 2.05) is 24.1 Å². The number of aryl methyl sites for hydroxylation is 3. The Balaban J connectivity index is 2.51. The Morgan fingerprint density at radius 3 is 2.58 bits per heavy atom. The normalized spacial score (nSPS) is 12.9. The summed E-state index contributed by atoms with van der Waals surface area (Å²) >= 11 is 0. The Kier molecular flexibility index (Phi) is 4.04. The Hall–Kier alpha value is -1.62. The van der Waals surface area contributed by atoms with Gasteiger partial charge in [-0.25, -0.2) is 4.98 Å². The van der Waals surface area contributed by atoms with Gasteiger partial charge in [-0.2, -0.15) is 5.10 Å². The lowest BCUT2D eigenvalue weighted by Crippen LogP contribution is -2.26. The summed E-state index contributed by atoms with van der Waals surface area (Å²) in [5.74, 6) is 1.06. The molecule has 0 bridgehead atoms. The first kappa shape index (κ1) is 13.8. The fourth-order valence-electron chi connectivity index (χ4n) is 2.58. The van der Waals surface area contributed by atoms with Crippen LogP contribution in [0, 0.1) is 13.8 Å². The van der Waals surface area contributed by atoms with E-state index in [1.165, 1.54) is 11.3 Å². The van der Waals surface area contributed by atoms with Crippen molar-refractivity contribution in [3.8, 4) is 0 Å². The van der Waals surface area contributed by atoms with Gasteiger partial charge in [0.25, 0.3) is 0 Å². The van der Waals surface area contributed by atoms with Crippen LogP contribution in [0.1, 0.15) is 42.7 Å². The average molecular weight is 261 g/mol. The lowest BCUT2D eigenvalue weighted by molar-refractivity contribution is 0.554. The second-order valence-electron chi connectivity index (χ2n) is 4.77. The van der Waals surface area contributed by atoms with E-state index in [0.717, 1.165) is 24.6 Å². The molecule has 2 aromatic rings. The quantitative estimate of drug-likeness (QED) is 0.895. The maximum Gasteiger partial charge on any atom is 0.130 e. The second-order valence-corrected chi connectivity index (χ2v) is 4.77. The zero-order valence-corrected chi connectivity index (χ0v) is 12.4. The predicted octanol–water partition coefficient (Wildman–Crippen LogP) is 1.95. The van der Waals surface area contributed by atoms with E-state index >= 15 is 0 Å². The van der Waals surface area contributed by atoms with Crippen molar-refractivity contribution in [3.63, 3.8) is 0 Å². The molecule has 0 aromatic carbocycles. The Morgan fingerprint density at radius 2 is 2.05 bits per heavy atom. The van der Waals surface area contributed by atoms with E-state index < -0.39 is 0 Å². The van der Waals surface area contributed by atoms with Crippen LogP contribution in [0.2, 0.25) is 0 Å². The molecular formula is C14H23N5. The van der Waals surface area contributed by atoms with E-state index in [1.54, 1.807) is 0 Å². The number of rotatable bonds is 5. The molecule has 0 fully saturated rings. The highest BCUT2D eigenvalue weighted by atomic mass is 15.3. The van der Waals surface area contributed by atoms with Gasteiger partial charge in [-0.3, -0.25) is 4.68 Å². The molecule has 0 spiro atoms. The number of hydrogen-bond donors (Lipinski definition) is 1. The number of hydrogen-bond acceptors (Lipinski definition) is 3. The fraction of sp³-hybridized carbons (Fsp3) is 0.571. The lowest BCUT2D eigenvalue weighted by Gasteiger charge is -2.19. The Morgan fingerprint density at radius 1 is 1.32 bits per heavy atom. The fourth-order valence-corrected chi connectivity index (χ4v) is 2.58. The molecule has 1 atom stereocenters. The molecule has 104 valence electrons. The molecule has 0 amide bonds. The van der Waals surface area contributed by atoms with Crippen molar-refractivity contribution in [3.05, 3.63) is 35.2 Å². The molecule has 0 radical (unpaired) electrons. The summed E-state index contributed by atoms with van der Waals surface area (Å²) in [7, 11) is 1.99. The van der Waals surface area contributed by atoms with Gasteiger partial charge in [0.2, 0.25) is 0 Å². The minimum Gasteiger partial charge on any atom is -0.334 e. The molecule has 2 aromatic heterocycles. The van der Waals surface area contributed by atoms with Gasteiger partial charge in [-0.1, -0.05) is 6.92 Å². The van der Waals surface area contributed by atoms with E-state index in [-0.39, 0.29) is 6.04 Å². The maximum atomic E-state index is 4.54. The Bertz CT molecular complexity index is 552. The van der Waals surface area contributed by atoms with Crippen molar-refractivity contribution >= 4 is 0 Å². The minimum atomic E-state index is 0.105. The van der Waals surface area contributed by atoms with Crippen LogP contribution in [0.15, 0.2) is 12.4 Å². The summed E-state index contributed by atoms with van der Waals surface area (Å²) in [6.45, 7) is 10.2. The smallest absolute Gasteiger partial charge is 0.130 e. The van der Waals surface area contributed by atoms with Crippen molar-refractivity contribution < 1.29 is 0 Å². The van der Waals surface area contributed by atoms with Crippen molar-refractivity contribution in [2.24, 2.45) is 7.05 Å². The molecular weight excluding hydrogens is 238 g/mol. The zero-order valence-electron chi connectivity index (χ0n) is 12.4. The van der Waals surface area contributed by atoms with Crippen LogP contribution in [0.4, 0.5) is 0 Å². The summed E-state index contributed by atoms with van der Waals surface area (Å²) in [6, 6.07) is 0.105. The van der Waals surface area contributed by atoms with Crippen LogP contribution in [0.25, 0.3) is 0 Å². The standard InChI is InChI=1S/C14H23N5/c1-6-15-13(14-16-8-9-19(14)7-2)12-10(3)17-18(5)11(12)4/h8-9,13,15H,6-7H2,1-5H3. The summed E-state index contributed by atoms with van der Waals surface area (Å²) in [5, 5.41) is 8.05. The third kappa shape index (κ3) is 2.42. The molecule has 2 heterocycles. The first-order valence-corrected chi connectivity index (χ1v) is 6.84. The van der Waals surface area contributed by atoms with Gasteiger partial charge in [-0.15, -0.1) is 0 Å². The number of nitrogens with one attached hydrogen (secondary N) is 1. The van der Waals surface area contributed by atoms with Crippen molar-refractivity contribution in [2.45, 2.75) is 40.3 Å². The number of nitrogens with zero attached hydrogens (tertiary/aromatic N) is 4. The van der Waals surface area contributed by atoms with Crippen molar-refractivity contribution in [1.82, 2.24) is 24.6 Å². The molecule has 19 heavy (non-hydrogen) atoms. The van der Waals surface area contributed by atoms with Crippen molar-refractivity contribution in [2.75, 3.05) is 6.54 Å². The van der Waals surface area contributed by atoms with Gasteiger partial charge in [0.05, 0.1) is 11.7 Å². The first-order valence-electron chi connectivity index (χ1n) is 6.84. The molecule has 0 saturated carbocycles. The summed E-state index contributed by atoms with van der Waals surface area (Å²) in [5.41, 5.74) is 3.50. The van der Waals surface area contributed by atoms with Gasteiger partial charge >= 0.3 is 0 Å². The monoisotopic (exact) mass is 261 g/mol. The lowest BCUT2D eigenvalue weighted by atomic mass is 10.0. The Labute approximate surface area is 114 Å². The van der Waals surface area contributed by atoms with Crippen LogP contribution in [0.3, 0.4) is 0 Å². The highest BCUT2D eigenvalue weighted by molar-refractivity contribution is 5.33. The van der Waals surface area contributed by atoms with Crippen molar-refractivity contribution in [1.29, 1.82) is 0 Å².